The number of nitriles is 1. The molecule has 1 fully saturated rings. The largest absolute Gasteiger partial charge is 0.417 e. The molecule has 0 radical (unpaired) electrons. The summed E-state index contributed by atoms with van der Waals surface area (Å²) >= 11 is 0. The average molecular weight is 387 g/mol. The van der Waals surface area contributed by atoms with E-state index in [1.54, 1.807) is 42.2 Å². The highest BCUT2D eigenvalue weighted by atomic mass is 19.4. The molecule has 0 bridgehead atoms. The van der Waals surface area contributed by atoms with Crippen LogP contribution in [0.1, 0.15) is 30.9 Å². The van der Waals surface area contributed by atoms with Gasteiger partial charge in [-0.25, -0.2) is 0 Å². The molecule has 0 aromatic heterocycles. The Morgan fingerprint density at radius 2 is 1.93 bits per heavy atom. The van der Waals surface area contributed by atoms with Gasteiger partial charge in [0.2, 0.25) is 5.91 Å². The third kappa shape index (κ3) is 4.63. The lowest BCUT2D eigenvalue weighted by atomic mass is 10.1. The third-order valence-electron chi connectivity index (χ3n) is 4.80. The van der Waals surface area contributed by atoms with Crippen molar-refractivity contribution in [1.82, 2.24) is 0 Å². The van der Waals surface area contributed by atoms with Crippen LogP contribution in [0.3, 0.4) is 0 Å². The average Bonchev–Trinajstić information content (AvgIpc) is 3.49. The lowest BCUT2D eigenvalue weighted by Gasteiger charge is -2.31. The topological polar surface area (TPSA) is 56.1 Å². The van der Waals surface area contributed by atoms with Gasteiger partial charge in [0.25, 0.3) is 0 Å². The van der Waals surface area contributed by atoms with Crippen LogP contribution in [0.2, 0.25) is 0 Å². The zero-order valence-electron chi connectivity index (χ0n) is 15.3. The van der Waals surface area contributed by atoms with Gasteiger partial charge in [-0.3, -0.25) is 4.79 Å². The Hall–Kier alpha value is -3.01. The number of hydrogen-bond acceptors (Lipinski definition) is 3. The number of halogens is 3. The van der Waals surface area contributed by atoms with Gasteiger partial charge in [-0.15, -0.1) is 0 Å². The van der Waals surface area contributed by atoms with Gasteiger partial charge in [-0.05, 0) is 56.0 Å². The molecule has 0 aliphatic heterocycles. The van der Waals surface area contributed by atoms with Gasteiger partial charge in [-0.2, -0.15) is 18.4 Å². The van der Waals surface area contributed by atoms with Crippen molar-refractivity contribution < 1.29 is 18.0 Å². The number of alkyl halides is 3. The molecular formula is C21H20F3N3O. The molecule has 1 atom stereocenters. The molecule has 0 unspecified atom stereocenters. The Morgan fingerprint density at radius 1 is 1.25 bits per heavy atom. The number of hydrogen-bond donors (Lipinski definition) is 1. The predicted molar refractivity (Wildman–Crippen MR) is 101 cm³/mol. The summed E-state index contributed by atoms with van der Waals surface area (Å²) in [5.41, 5.74) is -0.497. The summed E-state index contributed by atoms with van der Waals surface area (Å²) in [6, 6.07) is 13.4. The minimum atomic E-state index is -4.64. The van der Waals surface area contributed by atoms with Gasteiger partial charge in [0.1, 0.15) is 6.04 Å². The van der Waals surface area contributed by atoms with E-state index in [2.05, 4.69) is 5.32 Å². The molecular weight excluding hydrogens is 367 g/mol. The van der Waals surface area contributed by atoms with Crippen LogP contribution in [0.4, 0.5) is 24.5 Å². The van der Waals surface area contributed by atoms with E-state index in [9.17, 15) is 18.0 Å². The van der Waals surface area contributed by atoms with Crippen LogP contribution in [0.5, 0.6) is 0 Å². The van der Waals surface area contributed by atoms with Crippen molar-refractivity contribution in [2.24, 2.45) is 5.92 Å². The smallest absolute Gasteiger partial charge is 0.359 e. The lowest BCUT2D eigenvalue weighted by molar-refractivity contribution is -0.137. The van der Waals surface area contributed by atoms with E-state index >= 15 is 0 Å². The van der Waals surface area contributed by atoms with Crippen molar-refractivity contribution >= 4 is 17.3 Å². The standard InChI is InChI=1S/C21H20F3N3O/c1-14(20(28)26-17-5-3-2-4-6-17)27(13-15-7-8-15)18-10-9-16(12-25)19(11-18)21(22,23)24/h2-6,9-11,14-15H,7-8,13H2,1H3,(H,26,28)/t14-/m0/s1. The van der Waals surface area contributed by atoms with E-state index in [0.29, 0.717) is 18.2 Å². The van der Waals surface area contributed by atoms with Crippen molar-refractivity contribution in [3.8, 4) is 6.07 Å². The van der Waals surface area contributed by atoms with Crippen LogP contribution in [-0.4, -0.2) is 18.5 Å². The molecule has 2 aromatic carbocycles. The second kappa shape index (κ2) is 7.93. The third-order valence-corrected chi connectivity index (χ3v) is 4.80. The summed E-state index contributed by atoms with van der Waals surface area (Å²) in [4.78, 5) is 14.4. The fraction of sp³-hybridized carbons (Fsp3) is 0.333. The van der Waals surface area contributed by atoms with Gasteiger partial charge in [0, 0.05) is 17.9 Å². The summed E-state index contributed by atoms with van der Waals surface area (Å²) in [5.74, 6) is 0.0572. The lowest BCUT2D eigenvalue weighted by Crippen LogP contribution is -2.43. The van der Waals surface area contributed by atoms with Gasteiger partial charge in [0.15, 0.2) is 0 Å². The molecule has 28 heavy (non-hydrogen) atoms. The molecule has 4 nitrogen and oxygen atoms in total. The fourth-order valence-electron chi connectivity index (χ4n) is 3.02. The maximum absolute atomic E-state index is 13.4. The molecule has 1 aliphatic rings. The molecule has 1 aliphatic carbocycles. The first kappa shape index (κ1) is 19.7. The van der Waals surface area contributed by atoms with E-state index in [0.717, 1.165) is 18.9 Å². The van der Waals surface area contributed by atoms with E-state index in [4.69, 9.17) is 5.26 Å². The second-order valence-electron chi connectivity index (χ2n) is 6.97. The molecule has 1 N–H and O–H groups in total. The molecule has 7 heteroatoms. The molecule has 3 rings (SSSR count). The van der Waals surface area contributed by atoms with Crippen molar-refractivity contribution in [3.05, 3.63) is 59.7 Å². The first-order chi connectivity index (χ1) is 13.3. The van der Waals surface area contributed by atoms with E-state index in [1.807, 2.05) is 6.07 Å². The van der Waals surface area contributed by atoms with Crippen LogP contribution in [0, 0.1) is 17.2 Å². The van der Waals surface area contributed by atoms with Crippen LogP contribution >= 0.6 is 0 Å². The summed E-state index contributed by atoms with van der Waals surface area (Å²) in [6.45, 7) is 2.17. The van der Waals surface area contributed by atoms with E-state index in [-0.39, 0.29) is 11.6 Å². The number of carbonyl (C=O) groups excluding carboxylic acids is 1. The molecule has 0 spiro atoms. The molecule has 1 amide bonds. The Morgan fingerprint density at radius 3 is 2.50 bits per heavy atom. The number of carbonyl (C=O) groups is 1. The van der Waals surface area contributed by atoms with Crippen LogP contribution in [0.25, 0.3) is 0 Å². The fourth-order valence-corrected chi connectivity index (χ4v) is 3.02. The molecule has 0 saturated heterocycles. The minimum Gasteiger partial charge on any atom is -0.359 e. The number of rotatable bonds is 6. The quantitative estimate of drug-likeness (QED) is 0.773. The van der Waals surface area contributed by atoms with Crippen molar-refractivity contribution in [2.75, 3.05) is 16.8 Å². The molecule has 2 aromatic rings. The first-order valence-corrected chi connectivity index (χ1v) is 9.03. The molecule has 0 heterocycles. The van der Waals surface area contributed by atoms with Gasteiger partial charge in [-0.1, -0.05) is 18.2 Å². The SMILES string of the molecule is C[C@@H](C(=O)Nc1ccccc1)N(CC1CC1)c1ccc(C#N)c(C(F)(F)F)c1. The summed E-state index contributed by atoms with van der Waals surface area (Å²) in [7, 11) is 0. The Kier molecular flexibility index (Phi) is 5.59. The van der Waals surface area contributed by atoms with Gasteiger partial charge >= 0.3 is 6.18 Å². The second-order valence-corrected chi connectivity index (χ2v) is 6.97. The van der Waals surface area contributed by atoms with Crippen molar-refractivity contribution in [3.63, 3.8) is 0 Å². The van der Waals surface area contributed by atoms with Gasteiger partial charge < -0.3 is 10.2 Å². The number of anilines is 2. The summed E-state index contributed by atoms with van der Waals surface area (Å²) in [6.07, 6.45) is -2.65. The normalized spacial score (nSPS) is 14.8. The van der Waals surface area contributed by atoms with Crippen LogP contribution in [-0.2, 0) is 11.0 Å². The number of para-hydroxylation sites is 1. The van der Waals surface area contributed by atoms with Crippen molar-refractivity contribution in [2.45, 2.75) is 32.0 Å². The van der Waals surface area contributed by atoms with E-state index < -0.39 is 23.3 Å². The Balaban J connectivity index is 1.89. The highest BCUT2D eigenvalue weighted by Crippen LogP contribution is 2.37. The van der Waals surface area contributed by atoms with Gasteiger partial charge in [0.05, 0.1) is 17.2 Å². The van der Waals surface area contributed by atoms with E-state index in [1.165, 1.54) is 12.1 Å². The minimum absolute atomic E-state index is 0.286. The number of nitrogens with one attached hydrogen (secondary N) is 1. The van der Waals surface area contributed by atoms with Crippen LogP contribution < -0.4 is 10.2 Å². The monoisotopic (exact) mass is 387 g/mol. The zero-order chi connectivity index (χ0) is 20.3. The Bertz CT molecular complexity index is 886. The first-order valence-electron chi connectivity index (χ1n) is 9.03. The number of nitrogens with zero attached hydrogens (tertiary/aromatic N) is 2. The summed E-state index contributed by atoms with van der Waals surface area (Å²) in [5, 5.41) is 11.8. The maximum Gasteiger partial charge on any atom is 0.417 e. The summed E-state index contributed by atoms with van der Waals surface area (Å²) < 4.78 is 40.1. The zero-order valence-corrected chi connectivity index (χ0v) is 15.3. The molecule has 146 valence electrons. The highest BCUT2D eigenvalue weighted by Gasteiger charge is 2.36. The highest BCUT2D eigenvalue weighted by molar-refractivity contribution is 5.96. The van der Waals surface area contributed by atoms with Crippen LogP contribution in [0.15, 0.2) is 48.5 Å². The predicted octanol–water partition coefficient (Wildman–Crippen LogP) is 4.82. The number of amides is 1. The number of benzene rings is 2. The maximum atomic E-state index is 13.4. The Labute approximate surface area is 161 Å². The molecule has 1 saturated carbocycles. The van der Waals surface area contributed by atoms with Crippen molar-refractivity contribution in [1.29, 1.82) is 5.26 Å².